The Bertz CT molecular complexity index is 1020. The molecule has 0 bridgehead atoms. The highest BCUT2D eigenvalue weighted by atomic mass is 35.5. The van der Waals surface area contributed by atoms with Gasteiger partial charge in [-0.2, -0.15) is 0 Å². The third kappa shape index (κ3) is 1.83. The van der Waals surface area contributed by atoms with Crippen molar-refractivity contribution in [2.24, 2.45) is 0 Å². The molecule has 0 unspecified atom stereocenters. The van der Waals surface area contributed by atoms with E-state index in [9.17, 15) is 4.79 Å². The second-order valence-electron chi connectivity index (χ2n) is 6.67. The summed E-state index contributed by atoms with van der Waals surface area (Å²) >= 11 is 6.26. The highest BCUT2D eigenvalue weighted by Crippen LogP contribution is 2.46. The average molecular weight is 341 g/mol. The zero-order valence-corrected chi connectivity index (χ0v) is 14.4. The van der Waals surface area contributed by atoms with E-state index in [1.54, 1.807) is 13.2 Å². The summed E-state index contributed by atoms with van der Waals surface area (Å²) in [6.07, 6.45) is 0. The lowest BCUT2D eigenvalue weighted by molar-refractivity contribution is 0.103. The minimum atomic E-state index is -0.385. The van der Waals surface area contributed by atoms with Gasteiger partial charge in [-0.3, -0.25) is 4.79 Å². The van der Waals surface area contributed by atoms with Crippen molar-refractivity contribution in [1.82, 2.24) is 4.98 Å². The number of hydrogen-bond donors (Lipinski definition) is 2. The van der Waals surface area contributed by atoms with Gasteiger partial charge in [-0.15, -0.1) is 0 Å². The van der Waals surface area contributed by atoms with Crippen LogP contribution < -0.4 is 10.5 Å². The van der Waals surface area contributed by atoms with E-state index in [0.29, 0.717) is 27.6 Å². The molecule has 5 heteroatoms. The molecule has 0 radical (unpaired) electrons. The van der Waals surface area contributed by atoms with E-state index in [0.717, 1.165) is 22.2 Å². The molecule has 1 aromatic heterocycles. The Morgan fingerprint density at radius 2 is 1.96 bits per heavy atom. The van der Waals surface area contributed by atoms with E-state index in [-0.39, 0.29) is 11.2 Å². The molecule has 1 heterocycles. The topological polar surface area (TPSA) is 68.1 Å². The number of nitrogens with one attached hydrogen (secondary N) is 1. The van der Waals surface area contributed by atoms with Crippen LogP contribution in [-0.4, -0.2) is 17.9 Å². The third-order valence-electron chi connectivity index (χ3n) is 4.88. The van der Waals surface area contributed by atoms with Gasteiger partial charge in [0.25, 0.3) is 0 Å². The number of anilines is 1. The number of carbonyl (C=O) groups excluding carboxylic acids is 1. The summed E-state index contributed by atoms with van der Waals surface area (Å²) in [6.45, 7) is 4.17. The lowest BCUT2D eigenvalue weighted by atomic mass is 9.71. The predicted octanol–water partition coefficient (Wildman–Crippen LogP) is 4.28. The molecule has 24 heavy (non-hydrogen) atoms. The van der Waals surface area contributed by atoms with Crippen LogP contribution in [0.3, 0.4) is 0 Å². The fourth-order valence-electron chi connectivity index (χ4n) is 3.60. The predicted molar refractivity (Wildman–Crippen MR) is 96.3 cm³/mol. The molecule has 4 nitrogen and oxygen atoms in total. The van der Waals surface area contributed by atoms with Gasteiger partial charge in [-0.1, -0.05) is 31.5 Å². The van der Waals surface area contributed by atoms with E-state index in [1.807, 2.05) is 24.3 Å². The molecule has 2 aromatic carbocycles. The summed E-state index contributed by atoms with van der Waals surface area (Å²) < 4.78 is 5.33. The smallest absolute Gasteiger partial charge is 0.195 e. The molecule has 0 atom stereocenters. The molecular formula is C19H17ClN2O2. The molecule has 0 saturated heterocycles. The number of aromatic amines is 1. The van der Waals surface area contributed by atoms with Crippen LogP contribution >= 0.6 is 11.6 Å². The summed E-state index contributed by atoms with van der Waals surface area (Å²) in [5.74, 6) is 0.542. The van der Waals surface area contributed by atoms with Crippen molar-refractivity contribution in [1.29, 1.82) is 0 Å². The number of aromatic nitrogens is 1. The van der Waals surface area contributed by atoms with Gasteiger partial charge in [0.2, 0.25) is 0 Å². The molecule has 0 fully saturated rings. The van der Waals surface area contributed by atoms with Crippen LogP contribution in [-0.2, 0) is 5.41 Å². The summed E-state index contributed by atoms with van der Waals surface area (Å²) in [7, 11) is 1.57. The van der Waals surface area contributed by atoms with Crippen LogP contribution in [0.2, 0.25) is 5.02 Å². The Morgan fingerprint density at radius 3 is 2.67 bits per heavy atom. The van der Waals surface area contributed by atoms with E-state index in [4.69, 9.17) is 22.1 Å². The second kappa shape index (κ2) is 4.77. The van der Waals surface area contributed by atoms with Gasteiger partial charge in [-0.25, -0.2) is 0 Å². The molecule has 1 aliphatic rings. The number of nitrogens with two attached hydrogens (primary N) is 1. The van der Waals surface area contributed by atoms with Crippen molar-refractivity contribution >= 4 is 34.0 Å². The average Bonchev–Trinajstić information content (AvgIpc) is 2.92. The zero-order chi connectivity index (χ0) is 17.2. The summed E-state index contributed by atoms with van der Waals surface area (Å²) in [5.41, 5.74) is 10.1. The number of fused-ring (bicyclic) bond motifs is 4. The lowest BCUT2D eigenvalue weighted by Gasteiger charge is -2.32. The molecule has 0 saturated carbocycles. The highest BCUT2D eigenvalue weighted by Gasteiger charge is 2.40. The Balaban J connectivity index is 2.08. The van der Waals surface area contributed by atoms with Gasteiger partial charge in [-0.05, 0) is 29.8 Å². The number of rotatable bonds is 1. The van der Waals surface area contributed by atoms with Crippen LogP contribution in [0.1, 0.15) is 41.0 Å². The minimum Gasteiger partial charge on any atom is -0.495 e. The first kappa shape index (κ1) is 15.1. The van der Waals surface area contributed by atoms with Crippen molar-refractivity contribution in [3.8, 4) is 5.75 Å². The standard InChI is InChI=1S/C19H17ClN2O2/c1-19(2)12-8-15(24-3)13(20)7-11(12)17(23)16-10-5-4-9(21)6-14(10)22-18(16)19/h4-8,22H,21H2,1-3H3. The number of ether oxygens (including phenoxy) is 1. The fraction of sp³-hybridized carbons (Fsp3) is 0.211. The monoisotopic (exact) mass is 340 g/mol. The maximum absolute atomic E-state index is 13.2. The molecule has 1 aliphatic carbocycles. The van der Waals surface area contributed by atoms with Crippen LogP contribution in [0.15, 0.2) is 30.3 Å². The van der Waals surface area contributed by atoms with Crippen LogP contribution in [0.25, 0.3) is 10.9 Å². The first-order valence-electron chi connectivity index (χ1n) is 7.69. The molecule has 0 amide bonds. The minimum absolute atomic E-state index is 0.0279. The molecule has 122 valence electrons. The van der Waals surface area contributed by atoms with E-state index >= 15 is 0 Å². The number of methoxy groups -OCH3 is 1. The Morgan fingerprint density at radius 1 is 1.21 bits per heavy atom. The van der Waals surface area contributed by atoms with Gasteiger partial charge in [0.05, 0.1) is 17.7 Å². The SMILES string of the molecule is COc1cc2c(cc1Cl)C(=O)c1c([nH]c3cc(N)ccc13)C2(C)C. The zero-order valence-electron chi connectivity index (χ0n) is 13.7. The van der Waals surface area contributed by atoms with E-state index in [1.165, 1.54) is 0 Å². The molecule has 3 N–H and O–H groups in total. The Kier molecular flexibility index (Phi) is 3.00. The van der Waals surface area contributed by atoms with Crippen molar-refractivity contribution in [3.05, 3.63) is 57.7 Å². The number of hydrogen-bond acceptors (Lipinski definition) is 3. The van der Waals surface area contributed by atoms with Crippen molar-refractivity contribution in [3.63, 3.8) is 0 Å². The largest absolute Gasteiger partial charge is 0.495 e. The van der Waals surface area contributed by atoms with Gasteiger partial charge in [0, 0.05) is 33.3 Å². The van der Waals surface area contributed by atoms with Gasteiger partial charge in [0.1, 0.15) is 5.75 Å². The molecule has 4 rings (SSSR count). The van der Waals surface area contributed by atoms with Crippen LogP contribution in [0.5, 0.6) is 5.75 Å². The van der Waals surface area contributed by atoms with Gasteiger partial charge in [0.15, 0.2) is 5.78 Å². The van der Waals surface area contributed by atoms with Crippen LogP contribution in [0, 0.1) is 0 Å². The Labute approximate surface area is 144 Å². The summed E-state index contributed by atoms with van der Waals surface area (Å²) in [5, 5.41) is 1.32. The summed E-state index contributed by atoms with van der Waals surface area (Å²) in [4.78, 5) is 16.6. The number of ketones is 1. The first-order chi connectivity index (χ1) is 11.3. The van der Waals surface area contributed by atoms with Gasteiger partial charge >= 0.3 is 0 Å². The van der Waals surface area contributed by atoms with E-state index < -0.39 is 0 Å². The summed E-state index contributed by atoms with van der Waals surface area (Å²) in [6, 6.07) is 9.13. The van der Waals surface area contributed by atoms with Gasteiger partial charge < -0.3 is 15.5 Å². The van der Waals surface area contributed by atoms with Crippen molar-refractivity contribution in [2.45, 2.75) is 19.3 Å². The molecule has 3 aromatic rings. The maximum atomic E-state index is 13.2. The first-order valence-corrected chi connectivity index (χ1v) is 8.06. The van der Waals surface area contributed by atoms with Crippen molar-refractivity contribution < 1.29 is 9.53 Å². The quantitative estimate of drug-likeness (QED) is 0.649. The number of nitrogen functional groups attached to an aromatic ring is 1. The third-order valence-corrected chi connectivity index (χ3v) is 5.18. The molecule has 0 aliphatic heterocycles. The van der Waals surface area contributed by atoms with Crippen LogP contribution in [0.4, 0.5) is 5.69 Å². The lowest BCUT2D eigenvalue weighted by Crippen LogP contribution is -2.30. The normalized spacial score (nSPS) is 15.2. The number of H-pyrrole nitrogens is 1. The van der Waals surface area contributed by atoms with E-state index in [2.05, 4.69) is 18.8 Å². The van der Waals surface area contributed by atoms with Crippen molar-refractivity contribution in [2.75, 3.05) is 12.8 Å². The second-order valence-corrected chi connectivity index (χ2v) is 7.07. The number of halogens is 1. The highest BCUT2D eigenvalue weighted by molar-refractivity contribution is 6.33. The maximum Gasteiger partial charge on any atom is 0.195 e. The molecule has 0 spiro atoms. The fourth-order valence-corrected chi connectivity index (χ4v) is 3.84. The Hall–Kier alpha value is -2.46. The number of carbonyl (C=O) groups is 1. The molecular weight excluding hydrogens is 324 g/mol. The number of benzene rings is 2.